The molecular weight excluding hydrogens is 563 g/mol. The normalized spacial score (nSPS) is 13.0. The zero-order valence-electron chi connectivity index (χ0n) is 25.9. The third-order valence-corrected chi connectivity index (χ3v) is 6.90. The Morgan fingerprint density at radius 3 is 2.55 bits per heavy atom. The number of hydrogen-bond acceptors (Lipinski definition) is 8. The van der Waals surface area contributed by atoms with E-state index >= 15 is 0 Å². The Labute approximate surface area is 256 Å². The molecule has 1 unspecified atom stereocenters. The first-order valence-electron chi connectivity index (χ1n) is 14.4. The number of hydrogen-bond donors (Lipinski definition) is 2. The van der Waals surface area contributed by atoms with Crippen molar-refractivity contribution >= 4 is 28.6 Å². The minimum Gasteiger partial charge on any atom is -0.497 e. The molecule has 11 heteroatoms. The van der Waals surface area contributed by atoms with Crippen molar-refractivity contribution in [2.24, 2.45) is 11.7 Å². The summed E-state index contributed by atoms with van der Waals surface area (Å²) in [7, 11) is 5.39. The van der Waals surface area contributed by atoms with Gasteiger partial charge in [0, 0.05) is 65.5 Å². The molecule has 3 aromatic heterocycles. The number of esters is 1. The van der Waals surface area contributed by atoms with Crippen molar-refractivity contribution in [1.82, 2.24) is 19.4 Å². The van der Waals surface area contributed by atoms with Crippen LogP contribution in [0.4, 0.5) is 10.1 Å². The van der Waals surface area contributed by atoms with Crippen LogP contribution < -0.4 is 15.8 Å². The number of nitrogens with one attached hydrogen (secondary N) is 1. The topological polar surface area (TPSA) is 125 Å². The van der Waals surface area contributed by atoms with Gasteiger partial charge in [-0.05, 0) is 68.8 Å². The minimum atomic E-state index is -0.751. The third-order valence-electron chi connectivity index (χ3n) is 6.90. The second kappa shape index (κ2) is 14.2. The summed E-state index contributed by atoms with van der Waals surface area (Å²) in [6.07, 6.45) is 7.88. The van der Waals surface area contributed by atoms with Gasteiger partial charge >= 0.3 is 5.97 Å². The number of methoxy groups -OCH3 is 1. The molecule has 0 aliphatic rings. The van der Waals surface area contributed by atoms with E-state index in [-0.39, 0.29) is 11.8 Å². The molecule has 0 aliphatic carbocycles. The van der Waals surface area contributed by atoms with Crippen LogP contribution in [0.2, 0.25) is 0 Å². The summed E-state index contributed by atoms with van der Waals surface area (Å²) in [6, 6.07) is 9.60. The number of rotatable bonds is 12. The second-order valence-electron chi connectivity index (χ2n) is 11.3. The van der Waals surface area contributed by atoms with Gasteiger partial charge in [0.2, 0.25) is 11.9 Å². The van der Waals surface area contributed by atoms with Crippen LogP contribution in [0.3, 0.4) is 0 Å². The zero-order chi connectivity index (χ0) is 32.0. The first-order valence-corrected chi connectivity index (χ1v) is 14.4. The Morgan fingerprint density at radius 1 is 1.09 bits per heavy atom. The average molecular weight is 603 g/mol. The van der Waals surface area contributed by atoms with Crippen LogP contribution in [0, 0.1) is 11.9 Å². The summed E-state index contributed by atoms with van der Waals surface area (Å²) >= 11 is 0. The number of likely N-dealkylation sites (N-methyl/N-ethyl adjacent to an activating group) is 1. The van der Waals surface area contributed by atoms with E-state index in [0.717, 1.165) is 11.1 Å². The fourth-order valence-corrected chi connectivity index (χ4v) is 4.79. The molecular formula is C33H39FN6O4. The maximum absolute atomic E-state index is 14.2. The van der Waals surface area contributed by atoms with Gasteiger partial charge in [0.05, 0.1) is 7.11 Å². The number of nitrogens with zero attached hydrogens (tertiary/aromatic N) is 4. The van der Waals surface area contributed by atoms with Crippen molar-refractivity contribution in [3.8, 4) is 28.0 Å². The summed E-state index contributed by atoms with van der Waals surface area (Å²) in [6.45, 7) is 6.34. The SMILES string of the molecule is COc1cc(NC(=O)/C=C/CN(C)C)cc(-c2cnc3c(c2)c(-c2ccnc(F)c2)cn3C(C)OC(=O)[C@@H](N)CC(C)C)c1. The van der Waals surface area contributed by atoms with Gasteiger partial charge in [-0.2, -0.15) is 4.39 Å². The number of benzene rings is 1. The largest absolute Gasteiger partial charge is 0.497 e. The van der Waals surface area contributed by atoms with Gasteiger partial charge in [-0.1, -0.05) is 19.9 Å². The molecule has 3 heterocycles. The van der Waals surface area contributed by atoms with E-state index < -0.39 is 24.2 Å². The van der Waals surface area contributed by atoms with Crippen molar-refractivity contribution in [2.45, 2.75) is 39.5 Å². The van der Waals surface area contributed by atoms with Crippen LogP contribution in [-0.4, -0.2) is 65.1 Å². The molecule has 0 saturated carbocycles. The van der Waals surface area contributed by atoms with Crippen LogP contribution in [-0.2, 0) is 14.3 Å². The highest BCUT2D eigenvalue weighted by Crippen LogP contribution is 2.36. The lowest BCUT2D eigenvalue weighted by molar-refractivity contribution is -0.154. The number of halogens is 1. The number of anilines is 1. The molecule has 232 valence electrons. The molecule has 1 amide bonds. The van der Waals surface area contributed by atoms with Crippen molar-refractivity contribution in [1.29, 1.82) is 0 Å². The van der Waals surface area contributed by atoms with Crippen molar-refractivity contribution < 1.29 is 23.5 Å². The standard InChI is InChI=1S/C33H39FN6O4/c1-20(2)12-29(35)33(42)44-21(3)40-19-28(22-9-10-36-30(34)16-22)27-15-24(18-37-32(27)40)23-13-25(17-26(14-23)43-6)38-31(41)8-7-11-39(4)5/h7-10,13-21,29H,11-12,35H2,1-6H3,(H,38,41)/b8-7+/t21?,29-/m0/s1. The summed E-state index contributed by atoms with van der Waals surface area (Å²) in [5.74, 6) is -0.625. The van der Waals surface area contributed by atoms with E-state index in [1.165, 1.54) is 18.3 Å². The number of carbonyl (C=O) groups is 2. The highest BCUT2D eigenvalue weighted by Gasteiger charge is 2.23. The number of ether oxygens (including phenoxy) is 2. The number of nitrogens with two attached hydrogens (primary N) is 1. The molecule has 0 spiro atoms. The molecule has 2 atom stereocenters. The van der Waals surface area contributed by atoms with E-state index in [2.05, 4.69) is 10.3 Å². The third kappa shape index (κ3) is 8.06. The first-order chi connectivity index (χ1) is 20.9. The Bertz CT molecular complexity index is 1670. The number of aromatic nitrogens is 3. The van der Waals surface area contributed by atoms with E-state index in [4.69, 9.17) is 20.2 Å². The molecule has 0 bridgehead atoms. The van der Waals surface area contributed by atoms with Gasteiger partial charge < -0.3 is 25.4 Å². The summed E-state index contributed by atoms with van der Waals surface area (Å²) in [4.78, 5) is 35.6. The predicted molar refractivity (Wildman–Crippen MR) is 169 cm³/mol. The Kier molecular flexibility index (Phi) is 10.5. The van der Waals surface area contributed by atoms with E-state index in [1.54, 1.807) is 49.2 Å². The zero-order valence-corrected chi connectivity index (χ0v) is 25.9. The van der Waals surface area contributed by atoms with Crippen LogP contribution in [0.25, 0.3) is 33.3 Å². The number of pyridine rings is 2. The highest BCUT2D eigenvalue weighted by molar-refractivity contribution is 6.00. The highest BCUT2D eigenvalue weighted by atomic mass is 19.1. The number of carbonyl (C=O) groups excluding carboxylic acids is 2. The van der Waals surface area contributed by atoms with Gasteiger partial charge in [0.15, 0.2) is 6.23 Å². The van der Waals surface area contributed by atoms with Crippen molar-refractivity contribution in [2.75, 3.05) is 33.1 Å². The molecule has 4 rings (SSSR count). The molecule has 10 nitrogen and oxygen atoms in total. The van der Waals surface area contributed by atoms with Gasteiger partial charge in [0.1, 0.15) is 17.4 Å². The number of amides is 1. The maximum Gasteiger partial charge on any atom is 0.324 e. The van der Waals surface area contributed by atoms with Gasteiger partial charge in [0.25, 0.3) is 0 Å². The van der Waals surface area contributed by atoms with Crippen molar-refractivity contribution in [3.63, 3.8) is 0 Å². The van der Waals surface area contributed by atoms with Crippen LogP contribution in [0.1, 0.15) is 33.4 Å². The summed E-state index contributed by atoms with van der Waals surface area (Å²) in [5.41, 5.74) is 9.87. The quantitative estimate of drug-likeness (QED) is 0.125. The molecule has 3 N–H and O–H groups in total. The minimum absolute atomic E-state index is 0.235. The lowest BCUT2D eigenvalue weighted by Gasteiger charge is -2.19. The van der Waals surface area contributed by atoms with E-state index in [1.807, 2.05) is 51.0 Å². The molecule has 0 saturated heterocycles. The summed E-state index contributed by atoms with van der Waals surface area (Å²) in [5, 5.41) is 3.58. The Hall–Kier alpha value is -4.61. The second-order valence-corrected chi connectivity index (χ2v) is 11.3. The smallest absolute Gasteiger partial charge is 0.324 e. The molecule has 4 aromatic rings. The van der Waals surface area contributed by atoms with Crippen molar-refractivity contribution in [3.05, 3.63) is 73.1 Å². The fourth-order valence-electron chi connectivity index (χ4n) is 4.79. The Morgan fingerprint density at radius 2 is 1.86 bits per heavy atom. The maximum atomic E-state index is 14.2. The van der Waals surface area contributed by atoms with E-state index in [9.17, 15) is 14.0 Å². The van der Waals surface area contributed by atoms with Gasteiger partial charge in [-0.25, -0.2) is 9.97 Å². The molecule has 0 fully saturated rings. The lowest BCUT2D eigenvalue weighted by atomic mass is 10.0. The fraction of sp³-hybridized carbons (Fsp3) is 0.333. The van der Waals surface area contributed by atoms with Crippen LogP contribution in [0.15, 0.2) is 67.1 Å². The van der Waals surface area contributed by atoms with Gasteiger partial charge in [-0.15, -0.1) is 0 Å². The predicted octanol–water partition coefficient (Wildman–Crippen LogP) is 5.40. The average Bonchev–Trinajstić information content (AvgIpc) is 3.35. The monoisotopic (exact) mass is 602 g/mol. The molecule has 44 heavy (non-hydrogen) atoms. The van der Waals surface area contributed by atoms with Crippen LogP contribution >= 0.6 is 0 Å². The number of fused-ring (bicyclic) bond motifs is 1. The first kappa shape index (κ1) is 32.3. The van der Waals surface area contributed by atoms with Crippen LogP contribution in [0.5, 0.6) is 5.75 Å². The Balaban J connectivity index is 1.75. The molecule has 0 radical (unpaired) electrons. The summed E-state index contributed by atoms with van der Waals surface area (Å²) < 4.78 is 27.2. The molecule has 0 aliphatic heterocycles. The van der Waals surface area contributed by atoms with E-state index in [0.29, 0.717) is 46.6 Å². The lowest BCUT2D eigenvalue weighted by Crippen LogP contribution is -2.34. The van der Waals surface area contributed by atoms with Gasteiger partial charge in [-0.3, -0.25) is 14.2 Å². The molecule has 1 aromatic carbocycles.